The number of halogens is 3. The van der Waals surface area contributed by atoms with Crippen LogP contribution in [0.5, 0.6) is 0 Å². The largest absolute Gasteiger partial charge is 1.00 e. The molecule has 3 rings (SSSR count). The quantitative estimate of drug-likeness (QED) is 0.463. The number of rotatable bonds is 1. The van der Waals surface area contributed by atoms with E-state index in [1.54, 1.807) is 30.3 Å². The monoisotopic (exact) mass is 284 g/mol. The Morgan fingerprint density at radius 1 is 0.684 bits per heavy atom. The first-order chi connectivity index (χ1) is 8.57. The number of benzene rings is 3. The fourth-order valence-electron chi connectivity index (χ4n) is 2.35. The van der Waals surface area contributed by atoms with Crippen molar-refractivity contribution in [3.8, 4) is 0 Å². The third kappa shape index (κ3) is 2.76. The van der Waals surface area contributed by atoms with Gasteiger partial charge in [-0.15, -0.1) is 0 Å². The van der Waals surface area contributed by atoms with Gasteiger partial charge in [0.15, 0.2) is 0 Å². The summed E-state index contributed by atoms with van der Waals surface area (Å²) in [7, 11) is 0. The second kappa shape index (κ2) is 5.58. The molecular weight excluding hydrogens is 275 g/mol. The van der Waals surface area contributed by atoms with Crippen molar-refractivity contribution in [1.29, 1.82) is 0 Å². The Hall–Kier alpha value is -0.329. The molecule has 0 fully saturated rings. The fraction of sp³-hybridized carbons (Fsp3) is 0. The Labute approximate surface area is 151 Å². The van der Waals surface area contributed by atoms with Gasteiger partial charge in [0.05, 0.1) is 0 Å². The minimum absolute atomic E-state index is 0. The Morgan fingerprint density at radius 3 is 1.84 bits per heavy atom. The van der Waals surface area contributed by atoms with E-state index in [1.165, 1.54) is 12.1 Å². The van der Waals surface area contributed by atoms with Gasteiger partial charge in [0.2, 0.25) is 0 Å². The molecule has 90 valence electrons. The zero-order valence-electron chi connectivity index (χ0n) is 10.4. The smallest absolute Gasteiger partial charge is 0.445 e. The van der Waals surface area contributed by atoms with Crippen molar-refractivity contribution >= 4 is 34.0 Å². The molecule has 0 saturated heterocycles. The molecule has 0 atom stereocenters. The molecule has 0 amide bonds. The van der Waals surface area contributed by atoms with E-state index in [0.29, 0.717) is 10.8 Å². The molecule has 5 heteroatoms. The Morgan fingerprint density at radius 2 is 1.21 bits per heavy atom. The van der Waals surface area contributed by atoms with E-state index in [9.17, 15) is 12.9 Å². The predicted octanol–water partition coefficient (Wildman–Crippen LogP) is 1.05. The molecule has 0 N–H and O–H groups in total. The molecular formula is C14H9BF3K. The normalized spacial score (nSPS) is 11.5. The summed E-state index contributed by atoms with van der Waals surface area (Å²) >= 11 is 0. The Kier molecular flexibility index (Phi) is 4.42. The summed E-state index contributed by atoms with van der Waals surface area (Å²) in [6.07, 6.45) is 0. The van der Waals surface area contributed by atoms with Gasteiger partial charge in [-0.05, 0) is 21.5 Å². The van der Waals surface area contributed by atoms with Crippen molar-refractivity contribution in [2.24, 2.45) is 0 Å². The van der Waals surface area contributed by atoms with Crippen LogP contribution >= 0.6 is 0 Å². The zero-order chi connectivity index (χ0) is 12.8. The van der Waals surface area contributed by atoms with E-state index in [2.05, 4.69) is 0 Å². The molecule has 3 aromatic carbocycles. The van der Waals surface area contributed by atoms with Crippen LogP contribution in [-0.2, 0) is 0 Å². The summed E-state index contributed by atoms with van der Waals surface area (Å²) < 4.78 is 39.3. The topological polar surface area (TPSA) is 0 Å². The molecule has 19 heavy (non-hydrogen) atoms. The zero-order valence-corrected chi connectivity index (χ0v) is 13.5. The molecule has 0 aliphatic rings. The third-order valence-corrected chi connectivity index (χ3v) is 3.15. The molecule has 0 aliphatic carbocycles. The van der Waals surface area contributed by atoms with E-state index < -0.39 is 12.4 Å². The number of hydrogen-bond acceptors (Lipinski definition) is 0. The van der Waals surface area contributed by atoms with Crippen molar-refractivity contribution < 1.29 is 64.3 Å². The molecule has 0 saturated carbocycles. The maximum Gasteiger partial charge on any atom is 1.00 e. The molecule has 0 spiro atoms. The van der Waals surface area contributed by atoms with E-state index in [1.807, 2.05) is 12.1 Å². The van der Waals surface area contributed by atoms with Crippen LogP contribution in [0.2, 0.25) is 0 Å². The van der Waals surface area contributed by atoms with Crippen LogP contribution in [0, 0.1) is 0 Å². The summed E-state index contributed by atoms with van der Waals surface area (Å²) in [5.41, 5.74) is -0.510. The van der Waals surface area contributed by atoms with Gasteiger partial charge in [0.25, 0.3) is 0 Å². The standard InChI is InChI=1S/C14H9BF3.K/c16-15(17,18)14-9-10-5-1-2-6-11(10)12-7-3-4-8-13(12)14;/h1-9H;/q-1;+1. The Balaban J connectivity index is 0.00000133. The van der Waals surface area contributed by atoms with E-state index in [-0.39, 0.29) is 56.8 Å². The molecule has 0 unspecified atom stereocenters. The van der Waals surface area contributed by atoms with Crippen molar-refractivity contribution in [2.45, 2.75) is 0 Å². The molecule has 0 bridgehead atoms. The minimum atomic E-state index is -5.00. The minimum Gasteiger partial charge on any atom is -0.445 e. The van der Waals surface area contributed by atoms with Crippen LogP contribution in [0.3, 0.4) is 0 Å². The van der Waals surface area contributed by atoms with Gasteiger partial charge in [-0.2, -0.15) is 0 Å². The van der Waals surface area contributed by atoms with E-state index >= 15 is 0 Å². The van der Waals surface area contributed by atoms with Gasteiger partial charge in [0.1, 0.15) is 0 Å². The van der Waals surface area contributed by atoms with Crippen LogP contribution in [0.1, 0.15) is 0 Å². The first-order valence-electron chi connectivity index (χ1n) is 5.68. The van der Waals surface area contributed by atoms with E-state index in [0.717, 1.165) is 5.39 Å². The summed E-state index contributed by atoms with van der Waals surface area (Å²) in [4.78, 5) is 0. The number of hydrogen-bond donors (Lipinski definition) is 0. The fourth-order valence-corrected chi connectivity index (χ4v) is 2.35. The van der Waals surface area contributed by atoms with Gasteiger partial charge >= 0.3 is 58.4 Å². The molecule has 0 aliphatic heterocycles. The SMILES string of the molecule is F[B-](F)(F)c1cc2ccccc2c2ccccc12.[K+]. The van der Waals surface area contributed by atoms with Crippen LogP contribution < -0.4 is 56.8 Å². The second-order valence-corrected chi connectivity index (χ2v) is 4.31. The summed E-state index contributed by atoms with van der Waals surface area (Å²) in [5.74, 6) is 0. The molecule has 0 radical (unpaired) electrons. The third-order valence-electron chi connectivity index (χ3n) is 3.15. The first kappa shape index (κ1) is 15.1. The van der Waals surface area contributed by atoms with Crippen LogP contribution in [0.25, 0.3) is 21.5 Å². The molecule has 3 aromatic rings. The van der Waals surface area contributed by atoms with Gasteiger partial charge in [0, 0.05) is 0 Å². The van der Waals surface area contributed by atoms with Crippen molar-refractivity contribution in [3.63, 3.8) is 0 Å². The Bertz CT molecular complexity index is 737. The first-order valence-corrected chi connectivity index (χ1v) is 5.68. The van der Waals surface area contributed by atoms with Gasteiger partial charge in [-0.25, -0.2) is 0 Å². The summed E-state index contributed by atoms with van der Waals surface area (Å²) in [6, 6.07) is 15.1. The summed E-state index contributed by atoms with van der Waals surface area (Å²) in [5, 5.41) is 2.43. The average molecular weight is 284 g/mol. The predicted molar refractivity (Wildman–Crippen MR) is 70.2 cm³/mol. The van der Waals surface area contributed by atoms with E-state index in [4.69, 9.17) is 0 Å². The van der Waals surface area contributed by atoms with Gasteiger partial charge in [-0.3, -0.25) is 0 Å². The van der Waals surface area contributed by atoms with Gasteiger partial charge in [-0.1, -0.05) is 60.1 Å². The maximum atomic E-state index is 13.1. The molecule has 0 heterocycles. The van der Waals surface area contributed by atoms with Crippen LogP contribution in [0.15, 0.2) is 54.6 Å². The molecule has 0 nitrogen and oxygen atoms in total. The number of fused-ring (bicyclic) bond motifs is 3. The van der Waals surface area contributed by atoms with Crippen molar-refractivity contribution in [2.75, 3.05) is 0 Å². The van der Waals surface area contributed by atoms with Gasteiger partial charge < -0.3 is 12.9 Å². The van der Waals surface area contributed by atoms with Crippen LogP contribution in [0.4, 0.5) is 12.9 Å². The van der Waals surface area contributed by atoms with Crippen molar-refractivity contribution in [1.82, 2.24) is 0 Å². The molecule has 0 aromatic heterocycles. The summed E-state index contributed by atoms with van der Waals surface area (Å²) in [6.45, 7) is -5.00. The van der Waals surface area contributed by atoms with Crippen LogP contribution in [-0.4, -0.2) is 6.98 Å². The maximum absolute atomic E-state index is 13.1. The average Bonchev–Trinajstić information content (AvgIpc) is 2.37. The van der Waals surface area contributed by atoms with Crippen molar-refractivity contribution in [3.05, 3.63) is 54.6 Å². The second-order valence-electron chi connectivity index (χ2n) is 4.31.